The fourth-order valence-corrected chi connectivity index (χ4v) is 0.859. The minimum atomic E-state index is 0.0766. The lowest BCUT2D eigenvalue weighted by molar-refractivity contribution is 0.829. The molecule has 0 aromatic heterocycles. The van der Waals surface area contributed by atoms with Crippen LogP contribution in [0.2, 0.25) is 0 Å². The summed E-state index contributed by atoms with van der Waals surface area (Å²) in [6.07, 6.45) is 0. The molecule has 0 aromatic carbocycles. The highest BCUT2D eigenvalue weighted by molar-refractivity contribution is 7.81. The van der Waals surface area contributed by atoms with Crippen molar-refractivity contribution in [1.82, 2.24) is 5.32 Å². The van der Waals surface area contributed by atoms with E-state index in [9.17, 15) is 0 Å². The van der Waals surface area contributed by atoms with Crippen LogP contribution in [0.5, 0.6) is 0 Å². The van der Waals surface area contributed by atoms with Crippen molar-refractivity contribution in [3.63, 3.8) is 0 Å². The normalized spacial score (nSPS) is 15.5. The van der Waals surface area contributed by atoms with Crippen LogP contribution in [0.25, 0.3) is 0 Å². The Bertz CT molecular complexity index is 148. The maximum Gasteiger partial charge on any atom is 0.0665 e. The Morgan fingerprint density at radius 1 is 1.80 bits per heavy atom. The van der Waals surface area contributed by atoms with Gasteiger partial charge in [-0.25, -0.2) is 0 Å². The highest BCUT2D eigenvalue weighted by atomic mass is 32.1. The number of hydrogen-bond acceptors (Lipinski definition) is 4. The summed E-state index contributed by atoms with van der Waals surface area (Å²) in [5, 5.41) is 4.58. The van der Waals surface area contributed by atoms with E-state index in [1.807, 2.05) is 6.92 Å². The number of nitrogens with two attached hydrogens (primary N) is 1. The third-order valence-corrected chi connectivity index (χ3v) is 1.27. The van der Waals surface area contributed by atoms with Gasteiger partial charge < -0.3 is 11.1 Å². The van der Waals surface area contributed by atoms with Gasteiger partial charge in [0.05, 0.1) is 11.1 Å². The molecular weight excluding hydrogens is 164 g/mol. The van der Waals surface area contributed by atoms with Gasteiger partial charge in [0, 0.05) is 11.1 Å². The minimum absolute atomic E-state index is 0.0766. The molecule has 1 unspecified atom stereocenters. The summed E-state index contributed by atoms with van der Waals surface area (Å²) >= 11 is 8.83. The first-order valence-electron chi connectivity index (χ1n) is 2.94. The lowest BCUT2D eigenvalue weighted by atomic mass is 10.4. The third-order valence-electron chi connectivity index (χ3n) is 0.907. The number of thiol groups is 1. The average molecular weight is 176 g/mol. The van der Waals surface area contributed by atoms with Crippen molar-refractivity contribution in [2.45, 2.75) is 19.2 Å². The summed E-state index contributed by atoms with van der Waals surface area (Å²) in [4.78, 5) is 0. The molecule has 0 saturated heterocycles. The molecule has 0 saturated carbocycles. The zero-order chi connectivity index (χ0) is 8.15. The van der Waals surface area contributed by atoms with E-state index in [0.29, 0.717) is 5.70 Å². The zero-order valence-electron chi connectivity index (χ0n) is 6.09. The maximum atomic E-state index is 5.48. The second kappa shape index (κ2) is 4.57. The summed E-state index contributed by atoms with van der Waals surface area (Å²) in [7, 11) is 0. The number of allylic oxidation sites excluding steroid dienone is 2. The van der Waals surface area contributed by atoms with Crippen molar-refractivity contribution >= 4 is 30.2 Å². The highest BCUT2D eigenvalue weighted by Gasteiger charge is 1.96. The Hall–Kier alpha value is -0.220. The summed E-state index contributed by atoms with van der Waals surface area (Å²) in [5.41, 5.74) is 6.95. The van der Waals surface area contributed by atoms with Crippen LogP contribution in [0.3, 0.4) is 0 Å². The summed E-state index contributed by atoms with van der Waals surface area (Å²) in [6.45, 7) is 3.70. The summed E-state index contributed by atoms with van der Waals surface area (Å²) < 4.78 is 0. The molecule has 0 aliphatic heterocycles. The lowest BCUT2D eigenvalue weighted by Gasteiger charge is -2.10. The highest BCUT2D eigenvalue weighted by Crippen LogP contribution is 1.95. The number of rotatable bonds is 3. The molecule has 0 bridgehead atoms. The van der Waals surface area contributed by atoms with Crippen LogP contribution in [0.4, 0.5) is 0 Å². The molecule has 0 aliphatic rings. The molecule has 4 heteroatoms. The molecule has 0 rings (SSSR count). The Morgan fingerprint density at radius 3 is 2.40 bits per heavy atom. The molecule has 0 heterocycles. The number of nitrogens with one attached hydrogen (secondary N) is 1. The van der Waals surface area contributed by atoms with Crippen LogP contribution in [-0.4, -0.2) is 10.7 Å². The second-order valence-corrected chi connectivity index (χ2v) is 3.05. The topological polar surface area (TPSA) is 38.0 Å². The van der Waals surface area contributed by atoms with Gasteiger partial charge in [-0.3, -0.25) is 0 Å². The van der Waals surface area contributed by atoms with E-state index in [1.165, 1.54) is 5.37 Å². The standard InChI is InChI=1S/C6H12N2S2/c1-4(7)6(3-9)8-5(2)10/h3,5,8,10H,7H2,1-2H3. The van der Waals surface area contributed by atoms with Gasteiger partial charge in [-0.15, -0.1) is 0 Å². The molecular formula is C6H12N2S2. The molecule has 2 nitrogen and oxygen atoms in total. The first-order chi connectivity index (χ1) is 4.57. The van der Waals surface area contributed by atoms with E-state index in [4.69, 9.17) is 18.0 Å². The van der Waals surface area contributed by atoms with Crippen molar-refractivity contribution in [3.8, 4) is 0 Å². The SMILES string of the molecule is CC(N)=C(C=S)NC(C)S. The van der Waals surface area contributed by atoms with Crippen molar-refractivity contribution in [3.05, 3.63) is 11.4 Å². The zero-order valence-corrected chi connectivity index (χ0v) is 7.80. The number of hydrogen-bond donors (Lipinski definition) is 3. The van der Waals surface area contributed by atoms with Gasteiger partial charge in [-0.2, -0.15) is 12.6 Å². The average Bonchev–Trinajstić information content (AvgIpc) is 1.81. The molecule has 0 aliphatic carbocycles. The molecule has 10 heavy (non-hydrogen) atoms. The monoisotopic (exact) mass is 176 g/mol. The first kappa shape index (κ1) is 9.78. The predicted octanol–water partition coefficient (Wildman–Crippen LogP) is 1.04. The van der Waals surface area contributed by atoms with Gasteiger partial charge in [0.15, 0.2) is 0 Å². The van der Waals surface area contributed by atoms with Crippen LogP contribution >= 0.6 is 24.8 Å². The molecule has 0 fully saturated rings. The first-order valence-corrected chi connectivity index (χ1v) is 3.93. The molecule has 0 aromatic rings. The van der Waals surface area contributed by atoms with E-state index < -0.39 is 0 Å². The Balaban J connectivity index is 4.11. The molecule has 58 valence electrons. The van der Waals surface area contributed by atoms with E-state index in [0.717, 1.165) is 5.70 Å². The van der Waals surface area contributed by atoms with Crippen LogP contribution in [0, 0.1) is 0 Å². The molecule has 0 spiro atoms. The summed E-state index contributed by atoms with van der Waals surface area (Å²) in [5.74, 6) is 0. The molecule has 0 radical (unpaired) electrons. The van der Waals surface area contributed by atoms with Crippen LogP contribution in [0.1, 0.15) is 13.8 Å². The fraction of sp³-hybridized carbons (Fsp3) is 0.500. The van der Waals surface area contributed by atoms with Gasteiger partial charge in [-0.1, -0.05) is 12.2 Å². The Morgan fingerprint density at radius 2 is 2.30 bits per heavy atom. The van der Waals surface area contributed by atoms with E-state index in [1.54, 1.807) is 6.92 Å². The van der Waals surface area contributed by atoms with Crippen molar-refractivity contribution in [2.24, 2.45) is 5.73 Å². The van der Waals surface area contributed by atoms with Gasteiger partial charge >= 0.3 is 0 Å². The largest absolute Gasteiger partial charge is 0.401 e. The Kier molecular flexibility index (Phi) is 4.47. The van der Waals surface area contributed by atoms with Gasteiger partial charge in [0.25, 0.3) is 0 Å². The smallest absolute Gasteiger partial charge is 0.0665 e. The second-order valence-electron chi connectivity index (χ2n) is 2.03. The lowest BCUT2D eigenvalue weighted by Crippen LogP contribution is -2.23. The van der Waals surface area contributed by atoms with Gasteiger partial charge in [-0.05, 0) is 13.8 Å². The number of thiocarbonyl (C=S) groups is 1. The maximum absolute atomic E-state index is 5.48. The van der Waals surface area contributed by atoms with Gasteiger partial charge in [0.2, 0.25) is 0 Å². The minimum Gasteiger partial charge on any atom is -0.401 e. The third kappa shape index (κ3) is 3.74. The Labute approximate surface area is 72.3 Å². The van der Waals surface area contributed by atoms with Crippen molar-refractivity contribution in [2.75, 3.05) is 0 Å². The van der Waals surface area contributed by atoms with Crippen LogP contribution in [0.15, 0.2) is 11.4 Å². The van der Waals surface area contributed by atoms with Crippen LogP contribution in [-0.2, 0) is 0 Å². The van der Waals surface area contributed by atoms with E-state index >= 15 is 0 Å². The van der Waals surface area contributed by atoms with E-state index in [2.05, 4.69) is 17.9 Å². The predicted molar refractivity (Wildman–Crippen MR) is 52.1 cm³/mol. The molecule has 3 N–H and O–H groups in total. The van der Waals surface area contributed by atoms with Crippen molar-refractivity contribution < 1.29 is 0 Å². The quantitative estimate of drug-likeness (QED) is 0.260. The summed E-state index contributed by atoms with van der Waals surface area (Å²) in [6, 6.07) is 0. The van der Waals surface area contributed by atoms with Crippen molar-refractivity contribution in [1.29, 1.82) is 0 Å². The molecule has 0 amide bonds. The van der Waals surface area contributed by atoms with E-state index in [-0.39, 0.29) is 5.37 Å². The molecule has 1 atom stereocenters. The van der Waals surface area contributed by atoms with Gasteiger partial charge in [0.1, 0.15) is 0 Å². The fourth-order valence-electron chi connectivity index (χ4n) is 0.466. The van der Waals surface area contributed by atoms with Crippen LogP contribution < -0.4 is 11.1 Å².